The summed E-state index contributed by atoms with van der Waals surface area (Å²) < 4.78 is 0. The molecule has 1 heterocycles. The summed E-state index contributed by atoms with van der Waals surface area (Å²) in [4.78, 5) is 13.1. The van der Waals surface area contributed by atoms with E-state index < -0.39 is 0 Å². The molecule has 3 N–H and O–H groups in total. The van der Waals surface area contributed by atoms with Crippen LogP contribution in [0, 0.1) is 0 Å². The standard InChI is InChI=1S/C12H16ClN3O/c1-16-7-8(5-6-11(16)17)15-10-4-2-3-9(13)12(10)14/h2-4,8,15H,5-7,14H2,1H3. The van der Waals surface area contributed by atoms with Crippen molar-refractivity contribution in [1.29, 1.82) is 0 Å². The number of hydrogen-bond donors (Lipinski definition) is 2. The Morgan fingerprint density at radius 2 is 2.29 bits per heavy atom. The van der Waals surface area contributed by atoms with E-state index in [1.807, 2.05) is 19.2 Å². The number of carbonyl (C=O) groups is 1. The van der Waals surface area contributed by atoms with Crippen LogP contribution in [0.2, 0.25) is 5.02 Å². The normalized spacial score (nSPS) is 20.5. The second-order valence-electron chi connectivity index (χ2n) is 4.36. The molecule has 1 unspecified atom stereocenters. The number of benzene rings is 1. The lowest BCUT2D eigenvalue weighted by atomic mass is 10.1. The Hall–Kier alpha value is -1.42. The van der Waals surface area contributed by atoms with Crippen molar-refractivity contribution in [2.24, 2.45) is 0 Å². The zero-order valence-corrected chi connectivity index (χ0v) is 10.5. The first-order valence-electron chi connectivity index (χ1n) is 5.62. The van der Waals surface area contributed by atoms with Gasteiger partial charge in [-0.3, -0.25) is 4.79 Å². The number of halogens is 1. The first-order chi connectivity index (χ1) is 8.08. The van der Waals surface area contributed by atoms with Gasteiger partial charge >= 0.3 is 0 Å². The van der Waals surface area contributed by atoms with E-state index in [1.165, 1.54) is 0 Å². The minimum Gasteiger partial charge on any atom is -0.396 e. The largest absolute Gasteiger partial charge is 0.396 e. The van der Waals surface area contributed by atoms with E-state index in [9.17, 15) is 4.79 Å². The molecule has 1 aliphatic rings. The fourth-order valence-electron chi connectivity index (χ4n) is 2.01. The smallest absolute Gasteiger partial charge is 0.222 e. The molecule has 1 aliphatic heterocycles. The number of likely N-dealkylation sites (tertiary alicyclic amines) is 1. The van der Waals surface area contributed by atoms with Gasteiger partial charge in [0.1, 0.15) is 0 Å². The molecular weight excluding hydrogens is 238 g/mol. The summed E-state index contributed by atoms with van der Waals surface area (Å²) in [5.41, 5.74) is 7.29. The van der Waals surface area contributed by atoms with Crippen molar-refractivity contribution in [1.82, 2.24) is 4.90 Å². The molecule has 17 heavy (non-hydrogen) atoms. The van der Waals surface area contributed by atoms with Gasteiger partial charge in [0.2, 0.25) is 5.91 Å². The highest BCUT2D eigenvalue weighted by molar-refractivity contribution is 6.33. The van der Waals surface area contributed by atoms with Crippen LogP contribution in [0.25, 0.3) is 0 Å². The van der Waals surface area contributed by atoms with Crippen molar-refractivity contribution in [3.63, 3.8) is 0 Å². The molecule has 1 aromatic carbocycles. The van der Waals surface area contributed by atoms with Crippen molar-refractivity contribution in [3.05, 3.63) is 23.2 Å². The molecule has 0 aliphatic carbocycles. The molecule has 4 nitrogen and oxygen atoms in total. The van der Waals surface area contributed by atoms with Crippen LogP contribution in [0.15, 0.2) is 18.2 Å². The number of nitrogens with one attached hydrogen (secondary N) is 1. The molecule has 2 rings (SSSR count). The fourth-order valence-corrected chi connectivity index (χ4v) is 2.19. The maximum absolute atomic E-state index is 11.4. The Morgan fingerprint density at radius 3 is 3.00 bits per heavy atom. The molecule has 1 saturated heterocycles. The second kappa shape index (κ2) is 4.84. The Labute approximate surface area is 106 Å². The van der Waals surface area contributed by atoms with Gasteiger partial charge in [-0.05, 0) is 18.6 Å². The lowest BCUT2D eigenvalue weighted by Crippen LogP contribution is -2.43. The summed E-state index contributed by atoms with van der Waals surface area (Å²) >= 11 is 5.95. The van der Waals surface area contributed by atoms with E-state index in [-0.39, 0.29) is 11.9 Å². The number of piperidine rings is 1. The summed E-state index contributed by atoms with van der Waals surface area (Å²) in [5, 5.41) is 3.89. The minimum atomic E-state index is 0.196. The number of nitrogens with two attached hydrogens (primary N) is 1. The zero-order chi connectivity index (χ0) is 12.4. The zero-order valence-electron chi connectivity index (χ0n) is 9.74. The fraction of sp³-hybridized carbons (Fsp3) is 0.417. The van der Waals surface area contributed by atoms with Crippen molar-refractivity contribution in [2.75, 3.05) is 24.6 Å². The van der Waals surface area contributed by atoms with Gasteiger partial charge in [-0.25, -0.2) is 0 Å². The van der Waals surface area contributed by atoms with Crippen molar-refractivity contribution in [3.8, 4) is 0 Å². The maximum atomic E-state index is 11.4. The second-order valence-corrected chi connectivity index (χ2v) is 4.76. The molecule has 0 spiro atoms. The van der Waals surface area contributed by atoms with Gasteiger partial charge in [-0.2, -0.15) is 0 Å². The van der Waals surface area contributed by atoms with Crippen molar-refractivity contribution >= 4 is 28.9 Å². The highest BCUT2D eigenvalue weighted by Gasteiger charge is 2.23. The SMILES string of the molecule is CN1CC(Nc2cccc(Cl)c2N)CCC1=O. The third-order valence-corrected chi connectivity index (χ3v) is 3.37. The van der Waals surface area contributed by atoms with E-state index in [0.29, 0.717) is 23.7 Å². The number of carbonyl (C=O) groups excluding carboxylic acids is 1. The van der Waals surface area contributed by atoms with Gasteiger partial charge < -0.3 is 16.0 Å². The molecule has 5 heteroatoms. The van der Waals surface area contributed by atoms with Crippen molar-refractivity contribution < 1.29 is 4.79 Å². The third kappa shape index (κ3) is 2.64. The Kier molecular flexibility index (Phi) is 3.43. The van der Waals surface area contributed by atoms with Crippen LogP contribution in [0.3, 0.4) is 0 Å². The third-order valence-electron chi connectivity index (χ3n) is 3.04. The van der Waals surface area contributed by atoms with E-state index in [2.05, 4.69) is 5.32 Å². The van der Waals surface area contributed by atoms with Crippen LogP contribution < -0.4 is 11.1 Å². The van der Waals surface area contributed by atoms with E-state index in [0.717, 1.165) is 12.1 Å². The van der Waals surface area contributed by atoms with Gasteiger partial charge in [0.25, 0.3) is 0 Å². The van der Waals surface area contributed by atoms with Crippen LogP contribution in [-0.4, -0.2) is 30.4 Å². The number of anilines is 2. The van der Waals surface area contributed by atoms with Crippen LogP contribution in [0.4, 0.5) is 11.4 Å². The van der Waals surface area contributed by atoms with Crippen LogP contribution in [0.1, 0.15) is 12.8 Å². The van der Waals surface area contributed by atoms with Gasteiger partial charge in [0, 0.05) is 26.1 Å². The van der Waals surface area contributed by atoms with Crippen LogP contribution >= 0.6 is 11.6 Å². The molecule has 1 fully saturated rings. The number of likely N-dealkylation sites (N-methyl/N-ethyl adjacent to an activating group) is 1. The first-order valence-corrected chi connectivity index (χ1v) is 6.00. The average molecular weight is 254 g/mol. The Morgan fingerprint density at radius 1 is 1.53 bits per heavy atom. The highest BCUT2D eigenvalue weighted by Crippen LogP contribution is 2.28. The van der Waals surface area contributed by atoms with Gasteiger partial charge in [-0.1, -0.05) is 17.7 Å². The molecule has 92 valence electrons. The van der Waals surface area contributed by atoms with Crippen LogP contribution in [-0.2, 0) is 4.79 Å². The topological polar surface area (TPSA) is 58.4 Å². The molecule has 1 aromatic rings. The number of nitrogen functional groups attached to an aromatic ring is 1. The summed E-state index contributed by atoms with van der Waals surface area (Å²) in [6, 6.07) is 5.76. The first kappa shape index (κ1) is 12.0. The maximum Gasteiger partial charge on any atom is 0.222 e. The Balaban J connectivity index is 2.06. The summed E-state index contributed by atoms with van der Waals surface area (Å²) in [6.07, 6.45) is 1.41. The lowest BCUT2D eigenvalue weighted by Gasteiger charge is -2.31. The summed E-state index contributed by atoms with van der Waals surface area (Å²) in [6.45, 7) is 0.699. The van der Waals surface area contributed by atoms with E-state index in [4.69, 9.17) is 17.3 Å². The van der Waals surface area contributed by atoms with E-state index >= 15 is 0 Å². The molecule has 0 aromatic heterocycles. The summed E-state index contributed by atoms with van der Waals surface area (Å²) in [5.74, 6) is 0.196. The molecule has 1 amide bonds. The number of para-hydroxylation sites is 1. The molecular formula is C12H16ClN3O. The minimum absolute atomic E-state index is 0.196. The predicted octanol–water partition coefficient (Wildman–Crippen LogP) is 1.95. The number of nitrogens with zero attached hydrogens (tertiary/aromatic N) is 1. The quantitative estimate of drug-likeness (QED) is 0.792. The number of rotatable bonds is 2. The predicted molar refractivity (Wildman–Crippen MR) is 70.1 cm³/mol. The monoisotopic (exact) mass is 253 g/mol. The highest BCUT2D eigenvalue weighted by atomic mass is 35.5. The van der Waals surface area contributed by atoms with Crippen molar-refractivity contribution in [2.45, 2.75) is 18.9 Å². The van der Waals surface area contributed by atoms with E-state index in [1.54, 1.807) is 11.0 Å². The number of hydrogen-bond acceptors (Lipinski definition) is 3. The summed E-state index contributed by atoms with van der Waals surface area (Å²) in [7, 11) is 1.82. The molecule has 1 atom stereocenters. The van der Waals surface area contributed by atoms with Crippen LogP contribution in [0.5, 0.6) is 0 Å². The molecule has 0 radical (unpaired) electrons. The van der Waals surface area contributed by atoms with Gasteiger partial charge in [0.05, 0.1) is 16.4 Å². The van der Waals surface area contributed by atoms with Gasteiger partial charge in [0.15, 0.2) is 0 Å². The number of amides is 1. The molecule has 0 bridgehead atoms. The van der Waals surface area contributed by atoms with Gasteiger partial charge in [-0.15, -0.1) is 0 Å². The lowest BCUT2D eigenvalue weighted by molar-refractivity contribution is -0.132. The average Bonchev–Trinajstić information content (AvgIpc) is 2.30. The Bertz CT molecular complexity index is 436. The molecule has 0 saturated carbocycles.